The van der Waals surface area contributed by atoms with Crippen molar-refractivity contribution in [1.82, 2.24) is 14.5 Å². The van der Waals surface area contributed by atoms with Crippen LogP contribution in [0.1, 0.15) is 19.8 Å². The molecule has 3 rings (SSSR count). The molecule has 0 aromatic heterocycles. The number of rotatable bonds is 5. The highest BCUT2D eigenvalue weighted by Gasteiger charge is 2.33. The fourth-order valence-corrected chi connectivity index (χ4v) is 4.64. The Labute approximate surface area is 158 Å². The van der Waals surface area contributed by atoms with Gasteiger partial charge in [0.25, 0.3) is 0 Å². The first-order chi connectivity index (χ1) is 11.8. The minimum atomic E-state index is -3.62. The normalized spacial score (nSPS) is 21.1. The van der Waals surface area contributed by atoms with Crippen LogP contribution in [-0.4, -0.2) is 61.8 Å². The van der Waals surface area contributed by atoms with E-state index < -0.39 is 10.0 Å². The molecule has 2 aliphatic rings. The average molecular weight is 406 g/mol. The van der Waals surface area contributed by atoms with E-state index in [-0.39, 0.29) is 21.9 Å². The SMILES string of the molecule is C[C@H](C(=O)NC1CC1)N1CCN(S(=O)(=O)c2ccc(Cl)c(Cl)c2)CC1. The molecule has 6 nitrogen and oxygen atoms in total. The topological polar surface area (TPSA) is 69.7 Å². The molecule has 0 radical (unpaired) electrons. The first kappa shape index (κ1) is 18.9. The summed E-state index contributed by atoms with van der Waals surface area (Å²) in [4.78, 5) is 14.3. The molecule has 1 heterocycles. The molecule has 138 valence electrons. The van der Waals surface area contributed by atoms with Crippen molar-refractivity contribution in [3.8, 4) is 0 Å². The van der Waals surface area contributed by atoms with Gasteiger partial charge in [-0.1, -0.05) is 23.2 Å². The predicted molar refractivity (Wildman–Crippen MR) is 97.4 cm³/mol. The average Bonchev–Trinajstić information content (AvgIpc) is 3.40. The first-order valence-electron chi connectivity index (χ1n) is 8.28. The highest BCUT2D eigenvalue weighted by Crippen LogP contribution is 2.27. The second-order valence-corrected chi connectivity index (χ2v) is 9.23. The zero-order valence-electron chi connectivity index (χ0n) is 13.9. The number of halogens is 2. The molecule has 0 unspecified atom stereocenters. The summed E-state index contributed by atoms with van der Waals surface area (Å²) in [6.45, 7) is 3.56. The second-order valence-electron chi connectivity index (χ2n) is 6.47. The molecule has 1 aliphatic carbocycles. The molecule has 0 bridgehead atoms. The molecule has 1 saturated carbocycles. The van der Waals surface area contributed by atoms with E-state index in [0.29, 0.717) is 37.2 Å². The summed E-state index contributed by atoms with van der Waals surface area (Å²) < 4.78 is 26.9. The summed E-state index contributed by atoms with van der Waals surface area (Å²) in [5, 5.41) is 3.53. The number of piperazine rings is 1. The van der Waals surface area contributed by atoms with Crippen molar-refractivity contribution >= 4 is 39.1 Å². The van der Waals surface area contributed by atoms with E-state index in [1.807, 2.05) is 11.8 Å². The number of hydrogen-bond acceptors (Lipinski definition) is 4. The van der Waals surface area contributed by atoms with Crippen LogP contribution in [0.4, 0.5) is 0 Å². The molecule has 0 spiro atoms. The second kappa shape index (κ2) is 7.40. The van der Waals surface area contributed by atoms with E-state index in [0.717, 1.165) is 12.8 Å². The summed E-state index contributed by atoms with van der Waals surface area (Å²) in [6.07, 6.45) is 2.10. The van der Waals surface area contributed by atoms with Gasteiger partial charge in [-0.15, -0.1) is 0 Å². The number of nitrogens with one attached hydrogen (secondary N) is 1. The van der Waals surface area contributed by atoms with Crippen molar-refractivity contribution in [2.75, 3.05) is 26.2 Å². The molecular formula is C16H21Cl2N3O3S. The number of sulfonamides is 1. The Morgan fingerprint density at radius 2 is 1.80 bits per heavy atom. The van der Waals surface area contributed by atoms with E-state index in [1.165, 1.54) is 22.5 Å². The van der Waals surface area contributed by atoms with Crippen molar-refractivity contribution in [3.63, 3.8) is 0 Å². The summed E-state index contributed by atoms with van der Waals surface area (Å²) in [5.74, 6) is 0.0169. The standard InChI is InChI=1S/C16H21Cl2N3O3S/c1-11(16(22)19-12-2-3-12)20-6-8-21(9-7-20)25(23,24)13-4-5-14(17)15(18)10-13/h4-5,10-12H,2-3,6-9H2,1H3,(H,19,22)/t11-/m1/s1. The number of carbonyl (C=O) groups excluding carboxylic acids is 1. The maximum atomic E-state index is 12.7. The lowest BCUT2D eigenvalue weighted by molar-refractivity contribution is -0.126. The van der Waals surface area contributed by atoms with Gasteiger partial charge in [-0.3, -0.25) is 9.69 Å². The molecule has 1 aliphatic heterocycles. The van der Waals surface area contributed by atoms with Crippen molar-refractivity contribution < 1.29 is 13.2 Å². The van der Waals surface area contributed by atoms with Gasteiger partial charge in [0.1, 0.15) is 0 Å². The van der Waals surface area contributed by atoms with Gasteiger partial charge < -0.3 is 5.32 Å². The Morgan fingerprint density at radius 3 is 2.36 bits per heavy atom. The zero-order valence-corrected chi connectivity index (χ0v) is 16.2. The van der Waals surface area contributed by atoms with Gasteiger partial charge >= 0.3 is 0 Å². The van der Waals surface area contributed by atoms with Crippen LogP contribution in [0.3, 0.4) is 0 Å². The van der Waals surface area contributed by atoms with Crippen molar-refractivity contribution in [1.29, 1.82) is 0 Å². The van der Waals surface area contributed by atoms with Crippen LogP contribution in [0.15, 0.2) is 23.1 Å². The van der Waals surface area contributed by atoms with E-state index in [1.54, 1.807) is 0 Å². The van der Waals surface area contributed by atoms with Crippen LogP contribution in [0.2, 0.25) is 10.0 Å². The Bertz CT molecular complexity index is 760. The number of carbonyl (C=O) groups is 1. The zero-order chi connectivity index (χ0) is 18.2. The minimum absolute atomic E-state index is 0.0169. The molecule has 1 aromatic rings. The van der Waals surface area contributed by atoms with Crippen LogP contribution in [0.25, 0.3) is 0 Å². The maximum Gasteiger partial charge on any atom is 0.243 e. The van der Waals surface area contributed by atoms with Gasteiger partial charge in [-0.2, -0.15) is 4.31 Å². The number of benzene rings is 1. The van der Waals surface area contributed by atoms with Gasteiger partial charge in [0.05, 0.1) is 21.0 Å². The Kier molecular flexibility index (Phi) is 5.60. The van der Waals surface area contributed by atoms with Gasteiger partial charge in [0, 0.05) is 32.2 Å². The van der Waals surface area contributed by atoms with Crippen molar-refractivity contribution in [2.24, 2.45) is 0 Å². The van der Waals surface area contributed by atoms with E-state index in [2.05, 4.69) is 5.32 Å². The Balaban J connectivity index is 1.62. The highest BCUT2D eigenvalue weighted by atomic mass is 35.5. The Morgan fingerprint density at radius 1 is 1.16 bits per heavy atom. The maximum absolute atomic E-state index is 12.7. The summed E-state index contributed by atoms with van der Waals surface area (Å²) in [6, 6.07) is 4.39. The van der Waals surface area contributed by atoms with Gasteiger partial charge in [0.2, 0.25) is 15.9 Å². The molecule has 1 N–H and O–H groups in total. The third kappa shape index (κ3) is 4.28. The van der Waals surface area contributed by atoms with Crippen LogP contribution in [0, 0.1) is 0 Å². The first-order valence-corrected chi connectivity index (χ1v) is 10.5. The third-order valence-electron chi connectivity index (χ3n) is 4.65. The van der Waals surface area contributed by atoms with E-state index >= 15 is 0 Å². The van der Waals surface area contributed by atoms with Crippen molar-refractivity contribution in [3.05, 3.63) is 28.2 Å². The third-order valence-corrected chi connectivity index (χ3v) is 7.29. The van der Waals surface area contributed by atoms with E-state index in [4.69, 9.17) is 23.2 Å². The molecule has 1 amide bonds. The molecule has 9 heteroatoms. The summed E-state index contributed by atoms with van der Waals surface area (Å²) in [5.41, 5.74) is 0. The van der Waals surface area contributed by atoms with Gasteiger partial charge in [0.15, 0.2) is 0 Å². The fourth-order valence-electron chi connectivity index (χ4n) is 2.83. The largest absolute Gasteiger partial charge is 0.352 e. The monoisotopic (exact) mass is 405 g/mol. The molecule has 25 heavy (non-hydrogen) atoms. The van der Waals surface area contributed by atoms with Crippen molar-refractivity contribution in [2.45, 2.75) is 36.7 Å². The number of hydrogen-bond donors (Lipinski definition) is 1. The fraction of sp³-hybridized carbons (Fsp3) is 0.562. The summed E-state index contributed by atoms with van der Waals surface area (Å²) >= 11 is 11.8. The van der Waals surface area contributed by atoms with Crippen LogP contribution >= 0.6 is 23.2 Å². The number of amides is 1. The van der Waals surface area contributed by atoms with Gasteiger partial charge in [-0.25, -0.2) is 8.42 Å². The molecule has 1 aromatic carbocycles. The minimum Gasteiger partial charge on any atom is -0.352 e. The molecule has 1 saturated heterocycles. The smallest absolute Gasteiger partial charge is 0.243 e. The van der Waals surface area contributed by atoms with Gasteiger partial charge in [-0.05, 0) is 38.0 Å². The molecular weight excluding hydrogens is 385 g/mol. The Hall–Kier alpha value is -0.860. The van der Waals surface area contributed by atoms with Crippen LogP contribution in [0.5, 0.6) is 0 Å². The number of nitrogens with zero attached hydrogens (tertiary/aromatic N) is 2. The molecule has 2 fully saturated rings. The molecule has 1 atom stereocenters. The summed E-state index contributed by atoms with van der Waals surface area (Å²) in [7, 11) is -3.62. The lowest BCUT2D eigenvalue weighted by Crippen LogP contribution is -2.55. The van der Waals surface area contributed by atoms with Crippen LogP contribution < -0.4 is 5.32 Å². The predicted octanol–water partition coefficient (Wildman–Crippen LogP) is 1.97. The van der Waals surface area contributed by atoms with E-state index in [9.17, 15) is 13.2 Å². The van der Waals surface area contributed by atoms with Crippen LogP contribution in [-0.2, 0) is 14.8 Å². The lowest BCUT2D eigenvalue weighted by atomic mass is 10.2. The highest BCUT2D eigenvalue weighted by molar-refractivity contribution is 7.89. The quantitative estimate of drug-likeness (QED) is 0.812. The lowest BCUT2D eigenvalue weighted by Gasteiger charge is -2.36.